The first kappa shape index (κ1) is 22.2. The second kappa shape index (κ2) is 8.15. The van der Waals surface area contributed by atoms with Crippen LogP contribution in [0, 0.1) is 13.8 Å². The summed E-state index contributed by atoms with van der Waals surface area (Å²) in [5.41, 5.74) is 4.76. The average molecular weight is 483 g/mol. The molecule has 0 radical (unpaired) electrons. The first-order valence-electron chi connectivity index (χ1n) is 12.1. The number of amides is 2. The Labute approximate surface area is 207 Å². The van der Waals surface area contributed by atoms with Crippen molar-refractivity contribution in [2.45, 2.75) is 32.2 Å². The molecule has 9 nitrogen and oxygen atoms in total. The molecule has 36 heavy (non-hydrogen) atoms. The Hall–Kier alpha value is -4.27. The summed E-state index contributed by atoms with van der Waals surface area (Å²) in [5, 5.41) is 7.29. The van der Waals surface area contributed by atoms with Crippen LogP contribution in [0.25, 0.3) is 22.3 Å². The zero-order valence-corrected chi connectivity index (χ0v) is 20.2. The molecule has 0 bridgehead atoms. The minimum absolute atomic E-state index is 0.0438. The Morgan fingerprint density at radius 1 is 1.03 bits per heavy atom. The number of H-pyrrole nitrogens is 2. The van der Waals surface area contributed by atoms with E-state index in [9.17, 15) is 14.4 Å². The van der Waals surface area contributed by atoms with Gasteiger partial charge in [0.15, 0.2) is 0 Å². The second-order valence-electron chi connectivity index (χ2n) is 9.78. The van der Waals surface area contributed by atoms with Crippen LogP contribution < -0.4 is 0 Å². The zero-order valence-electron chi connectivity index (χ0n) is 20.2. The highest BCUT2D eigenvalue weighted by atomic mass is 16.2. The summed E-state index contributed by atoms with van der Waals surface area (Å²) in [6, 6.07) is 13.0. The van der Waals surface area contributed by atoms with Gasteiger partial charge in [0.1, 0.15) is 5.52 Å². The van der Waals surface area contributed by atoms with Gasteiger partial charge in [0, 0.05) is 48.3 Å². The largest absolute Gasteiger partial charge is 0.359 e. The molecular formula is C27H26N6O3. The van der Waals surface area contributed by atoms with Crippen LogP contribution in [0.1, 0.15) is 44.9 Å². The van der Waals surface area contributed by atoms with Gasteiger partial charge in [-0.25, -0.2) is 0 Å². The standard InChI is InChI=1S/C27H26N6O3/c1-16-12-19(21-13-17(2)30-31-21)22-23(29-16)20(14-28-22)24(34)26(36)33-11-10-32(15-27(33)8-9-27)25(35)18-6-4-3-5-7-18/h3-7,12-14,28H,8-11,15H2,1-2H3,(H,30,31). The number of aromatic amines is 2. The molecule has 6 rings (SSSR count). The normalized spacial score (nSPS) is 16.5. The molecule has 0 unspecified atom stereocenters. The summed E-state index contributed by atoms with van der Waals surface area (Å²) < 4.78 is 0. The highest BCUT2D eigenvalue weighted by Gasteiger charge is 2.55. The molecule has 182 valence electrons. The highest BCUT2D eigenvalue weighted by molar-refractivity contribution is 6.45. The van der Waals surface area contributed by atoms with E-state index >= 15 is 0 Å². The minimum atomic E-state index is -0.586. The lowest BCUT2D eigenvalue weighted by molar-refractivity contribution is -0.131. The fraction of sp³-hybridized carbons (Fsp3) is 0.296. The summed E-state index contributed by atoms with van der Waals surface area (Å²) in [7, 11) is 0. The van der Waals surface area contributed by atoms with Gasteiger partial charge < -0.3 is 14.8 Å². The van der Waals surface area contributed by atoms with E-state index in [0.717, 1.165) is 35.5 Å². The molecule has 2 amide bonds. The van der Waals surface area contributed by atoms with Crippen molar-refractivity contribution in [1.29, 1.82) is 0 Å². The summed E-state index contributed by atoms with van der Waals surface area (Å²) in [4.78, 5) is 51.2. The summed E-state index contributed by atoms with van der Waals surface area (Å²) in [6.07, 6.45) is 3.12. The van der Waals surface area contributed by atoms with Gasteiger partial charge in [-0.2, -0.15) is 5.10 Å². The average Bonchev–Trinajstić information content (AvgIpc) is 3.30. The lowest BCUT2D eigenvalue weighted by Gasteiger charge is -2.41. The maximum Gasteiger partial charge on any atom is 0.295 e. The lowest BCUT2D eigenvalue weighted by atomic mass is 10.0. The number of aryl methyl sites for hydroxylation is 2. The third-order valence-electron chi connectivity index (χ3n) is 7.22. The van der Waals surface area contributed by atoms with E-state index in [1.807, 2.05) is 44.2 Å². The number of rotatable bonds is 4. The van der Waals surface area contributed by atoms with Crippen molar-refractivity contribution in [3.8, 4) is 11.3 Å². The number of carbonyl (C=O) groups excluding carboxylic acids is 3. The number of carbonyl (C=O) groups is 3. The molecular weight excluding hydrogens is 456 g/mol. The number of hydrogen-bond acceptors (Lipinski definition) is 5. The van der Waals surface area contributed by atoms with Crippen molar-refractivity contribution >= 4 is 28.6 Å². The van der Waals surface area contributed by atoms with Gasteiger partial charge in [0.05, 0.1) is 22.3 Å². The summed E-state index contributed by atoms with van der Waals surface area (Å²) >= 11 is 0. The number of fused-ring (bicyclic) bond motifs is 1. The monoisotopic (exact) mass is 482 g/mol. The van der Waals surface area contributed by atoms with Gasteiger partial charge in [-0.05, 0) is 51.0 Å². The van der Waals surface area contributed by atoms with Crippen molar-refractivity contribution in [3.63, 3.8) is 0 Å². The number of aromatic nitrogens is 4. The molecule has 1 saturated carbocycles. The van der Waals surface area contributed by atoms with Crippen LogP contribution in [0.4, 0.5) is 0 Å². The molecule has 1 spiro atoms. The van der Waals surface area contributed by atoms with Crippen LogP contribution in [0.5, 0.6) is 0 Å². The van der Waals surface area contributed by atoms with Gasteiger partial charge in [-0.15, -0.1) is 0 Å². The molecule has 4 aromatic rings. The Kier molecular flexibility index (Phi) is 5.03. The smallest absolute Gasteiger partial charge is 0.295 e. The molecule has 2 aliphatic rings. The van der Waals surface area contributed by atoms with Crippen LogP contribution in [0.15, 0.2) is 48.7 Å². The molecule has 1 aromatic carbocycles. The molecule has 4 heterocycles. The number of pyridine rings is 1. The van der Waals surface area contributed by atoms with Crippen molar-refractivity contribution in [1.82, 2.24) is 30.0 Å². The fourth-order valence-electron chi connectivity index (χ4n) is 5.20. The number of hydrogen-bond donors (Lipinski definition) is 2. The Bertz CT molecular complexity index is 1520. The van der Waals surface area contributed by atoms with Crippen molar-refractivity contribution < 1.29 is 14.4 Å². The van der Waals surface area contributed by atoms with Gasteiger partial charge >= 0.3 is 0 Å². The SMILES string of the molecule is Cc1cc(-c2cc(C)[nH]n2)c2[nH]cc(C(=O)C(=O)N3CCN(C(=O)c4ccccc4)CC34CC4)c2n1. The summed E-state index contributed by atoms with van der Waals surface area (Å²) in [6.45, 7) is 4.93. The number of ketones is 1. The molecule has 1 aliphatic carbocycles. The summed E-state index contributed by atoms with van der Waals surface area (Å²) in [5.74, 6) is -1.17. The maximum atomic E-state index is 13.5. The van der Waals surface area contributed by atoms with Crippen LogP contribution in [0.3, 0.4) is 0 Å². The van der Waals surface area contributed by atoms with Crippen LogP contribution in [0.2, 0.25) is 0 Å². The number of benzene rings is 1. The van der Waals surface area contributed by atoms with Gasteiger partial charge in [-0.1, -0.05) is 18.2 Å². The van der Waals surface area contributed by atoms with Crippen LogP contribution >= 0.6 is 0 Å². The molecule has 3 aromatic heterocycles. The molecule has 0 atom stereocenters. The first-order valence-corrected chi connectivity index (χ1v) is 12.1. The second-order valence-corrected chi connectivity index (χ2v) is 9.78. The van der Waals surface area contributed by atoms with E-state index in [0.29, 0.717) is 36.2 Å². The third-order valence-corrected chi connectivity index (χ3v) is 7.22. The number of piperazine rings is 1. The van der Waals surface area contributed by atoms with Gasteiger partial charge in [0.2, 0.25) is 0 Å². The zero-order chi connectivity index (χ0) is 25.0. The Balaban J connectivity index is 1.27. The quantitative estimate of drug-likeness (QED) is 0.342. The molecule has 9 heteroatoms. The van der Waals surface area contributed by atoms with Crippen molar-refractivity contribution in [2.24, 2.45) is 0 Å². The predicted octanol–water partition coefficient (Wildman–Crippen LogP) is 3.27. The van der Waals surface area contributed by atoms with E-state index in [1.165, 1.54) is 0 Å². The van der Waals surface area contributed by atoms with Crippen LogP contribution in [-0.4, -0.2) is 72.7 Å². The highest BCUT2D eigenvalue weighted by Crippen LogP contribution is 2.45. The van der Waals surface area contributed by atoms with Gasteiger partial charge in [-0.3, -0.25) is 24.5 Å². The minimum Gasteiger partial charge on any atom is -0.359 e. The molecule has 1 aliphatic heterocycles. The topological polar surface area (TPSA) is 115 Å². The van der Waals surface area contributed by atoms with Crippen molar-refractivity contribution in [2.75, 3.05) is 19.6 Å². The van der Waals surface area contributed by atoms with E-state index in [1.54, 1.807) is 28.1 Å². The Morgan fingerprint density at radius 2 is 1.81 bits per heavy atom. The third kappa shape index (κ3) is 3.59. The van der Waals surface area contributed by atoms with E-state index in [4.69, 9.17) is 0 Å². The fourth-order valence-corrected chi connectivity index (χ4v) is 5.20. The van der Waals surface area contributed by atoms with Crippen LogP contribution in [-0.2, 0) is 4.79 Å². The number of nitrogens with one attached hydrogen (secondary N) is 2. The first-order chi connectivity index (χ1) is 17.4. The lowest BCUT2D eigenvalue weighted by Crippen LogP contribution is -2.59. The predicted molar refractivity (Wildman–Crippen MR) is 134 cm³/mol. The molecule has 2 N–H and O–H groups in total. The molecule has 2 fully saturated rings. The maximum absolute atomic E-state index is 13.5. The number of nitrogens with zero attached hydrogens (tertiary/aromatic N) is 4. The van der Waals surface area contributed by atoms with Crippen molar-refractivity contribution in [3.05, 3.63) is 71.2 Å². The van der Waals surface area contributed by atoms with Gasteiger partial charge in [0.25, 0.3) is 17.6 Å². The van der Waals surface area contributed by atoms with E-state index in [-0.39, 0.29) is 11.5 Å². The molecule has 1 saturated heterocycles. The number of Topliss-reactive ketones (excluding diaryl/α,β-unsaturated/α-hetero) is 1. The van der Waals surface area contributed by atoms with E-state index in [2.05, 4.69) is 20.2 Å². The van der Waals surface area contributed by atoms with E-state index < -0.39 is 17.2 Å². The Morgan fingerprint density at radius 3 is 2.50 bits per heavy atom.